The zero-order chi connectivity index (χ0) is 19.9. The molecule has 0 spiro atoms. The number of ether oxygens (including phenoxy) is 1. The zero-order valence-electron chi connectivity index (χ0n) is 16.4. The summed E-state index contributed by atoms with van der Waals surface area (Å²) in [6.45, 7) is 4.54. The average molecular weight is 395 g/mol. The summed E-state index contributed by atoms with van der Waals surface area (Å²) >= 11 is 0. The number of carbonyl (C=O) groups excluding carboxylic acids is 1. The second-order valence-corrected chi connectivity index (χ2v) is 8.67. The lowest BCUT2D eigenvalue weighted by molar-refractivity contribution is -0.121. The molecule has 1 aromatic carbocycles. The maximum Gasteiger partial charge on any atom is 0.243 e. The normalized spacial score (nSPS) is 15.6. The largest absolute Gasteiger partial charge is 0.494 e. The van der Waals surface area contributed by atoms with Gasteiger partial charge in [0, 0.05) is 6.54 Å². The molecule has 0 aliphatic heterocycles. The van der Waals surface area contributed by atoms with Crippen molar-refractivity contribution >= 4 is 21.6 Å². The molecule has 2 rings (SSSR count). The van der Waals surface area contributed by atoms with Gasteiger partial charge in [0.25, 0.3) is 0 Å². The number of hydrogen-bond acceptors (Lipinski definition) is 4. The molecular formula is C20H30N2O4S. The molecule has 1 N–H and O–H groups in total. The van der Waals surface area contributed by atoms with Crippen molar-refractivity contribution in [2.24, 2.45) is 0 Å². The lowest BCUT2D eigenvalue weighted by Crippen LogP contribution is -2.48. The third kappa shape index (κ3) is 6.27. The van der Waals surface area contributed by atoms with Gasteiger partial charge < -0.3 is 10.1 Å². The van der Waals surface area contributed by atoms with Gasteiger partial charge in [-0.25, -0.2) is 8.42 Å². The molecule has 0 aromatic heterocycles. The zero-order valence-corrected chi connectivity index (χ0v) is 17.2. The van der Waals surface area contributed by atoms with Crippen LogP contribution in [0, 0.1) is 0 Å². The molecule has 7 heteroatoms. The van der Waals surface area contributed by atoms with E-state index in [1.807, 2.05) is 6.92 Å². The number of amides is 1. The molecule has 6 nitrogen and oxygen atoms in total. The number of nitrogens with one attached hydrogen (secondary N) is 1. The van der Waals surface area contributed by atoms with Crippen LogP contribution in [0.5, 0.6) is 5.75 Å². The fraction of sp³-hybridized carbons (Fsp3) is 0.550. The first kappa shape index (κ1) is 21.3. The molecule has 0 bridgehead atoms. The number of hydrogen-bond donors (Lipinski definition) is 1. The summed E-state index contributed by atoms with van der Waals surface area (Å²) in [7, 11) is -3.61. The monoisotopic (exact) mass is 394 g/mol. The summed E-state index contributed by atoms with van der Waals surface area (Å²) in [5.41, 5.74) is 1.82. The lowest BCUT2D eigenvalue weighted by atomic mass is 9.97. The molecular weight excluding hydrogens is 364 g/mol. The average Bonchev–Trinajstić information content (AvgIpc) is 2.63. The minimum atomic E-state index is -3.61. The smallest absolute Gasteiger partial charge is 0.243 e. The van der Waals surface area contributed by atoms with Gasteiger partial charge in [-0.1, -0.05) is 11.6 Å². The molecule has 1 aliphatic carbocycles. The van der Waals surface area contributed by atoms with E-state index in [1.165, 1.54) is 18.4 Å². The van der Waals surface area contributed by atoms with Gasteiger partial charge in [0.15, 0.2) is 0 Å². The van der Waals surface area contributed by atoms with Gasteiger partial charge in [-0.05, 0) is 70.2 Å². The predicted molar refractivity (Wildman–Crippen MR) is 109 cm³/mol. The van der Waals surface area contributed by atoms with Gasteiger partial charge in [0.05, 0.1) is 18.6 Å². The Hall–Kier alpha value is -2.02. The van der Waals surface area contributed by atoms with E-state index in [2.05, 4.69) is 11.4 Å². The maximum absolute atomic E-state index is 12.6. The lowest BCUT2D eigenvalue weighted by Gasteiger charge is -2.28. The third-order valence-corrected chi connectivity index (χ3v) is 5.86. The van der Waals surface area contributed by atoms with Gasteiger partial charge >= 0.3 is 0 Å². The summed E-state index contributed by atoms with van der Waals surface area (Å²) in [5, 5.41) is 2.87. The van der Waals surface area contributed by atoms with E-state index in [4.69, 9.17) is 4.74 Å². The van der Waals surface area contributed by atoms with E-state index in [9.17, 15) is 13.2 Å². The maximum atomic E-state index is 12.6. The van der Waals surface area contributed by atoms with Crippen molar-refractivity contribution in [1.82, 2.24) is 5.32 Å². The fourth-order valence-electron chi connectivity index (χ4n) is 3.29. The number of benzene rings is 1. The standard InChI is InChI=1S/C20H30N2O4S/c1-4-26-19-12-10-18(11-13-19)22(27(3,24)25)16(2)20(23)21-15-14-17-8-6-5-7-9-17/h8,10-13,16H,4-7,9,14-15H2,1-3H3,(H,21,23)/t16-/m0/s1. The van der Waals surface area contributed by atoms with E-state index < -0.39 is 16.1 Å². The van der Waals surface area contributed by atoms with Crippen molar-refractivity contribution < 1.29 is 17.9 Å². The van der Waals surface area contributed by atoms with Crippen LogP contribution in [0.1, 0.15) is 46.0 Å². The Kier molecular flexibility index (Phi) is 7.71. The quantitative estimate of drug-likeness (QED) is 0.653. The number of anilines is 1. The van der Waals surface area contributed by atoms with E-state index >= 15 is 0 Å². The van der Waals surface area contributed by atoms with Crippen LogP contribution in [-0.4, -0.2) is 39.8 Å². The Morgan fingerprint density at radius 2 is 1.96 bits per heavy atom. The van der Waals surface area contributed by atoms with Gasteiger partial charge in [0.2, 0.25) is 15.9 Å². The van der Waals surface area contributed by atoms with Crippen LogP contribution in [0.3, 0.4) is 0 Å². The Bertz CT molecular complexity index is 757. The van der Waals surface area contributed by atoms with Gasteiger partial charge in [0.1, 0.15) is 11.8 Å². The molecule has 0 radical (unpaired) electrons. The second-order valence-electron chi connectivity index (χ2n) is 6.81. The third-order valence-electron chi connectivity index (χ3n) is 4.62. The first-order valence-electron chi connectivity index (χ1n) is 9.50. The summed E-state index contributed by atoms with van der Waals surface area (Å²) in [4.78, 5) is 12.6. The highest BCUT2D eigenvalue weighted by Gasteiger charge is 2.29. The Morgan fingerprint density at radius 1 is 1.26 bits per heavy atom. The molecule has 1 amide bonds. The molecule has 0 unspecified atom stereocenters. The first-order valence-corrected chi connectivity index (χ1v) is 11.4. The molecule has 1 aromatic rings. The SMILES string of the molecule is CCOc1ccc(N([C@@H](C)C(=O)NCCC2=CCCCC2)S(C)(=O)=O)cc1. The molecule has 150 valence electrons. The van der Waals surface area contributed by atoms with Crippen LogP contribution in [-0.2, 0) is 14.8 Å². The highest BCUT2D eigenvalue weighted by molar-refractivity contribution is 7.92. The second kappa shape index (κ2) is 9.78. The van der Waals surface area contributed by atoms with Gasteiger partial charge in [-0.3, -0.25) is 9.10 Å². The van der Waals surface area contributed by atoms with E-state index in [0.717, 1.165) is 29.8 Å². The number of carbonyl (C=O) groups is 1. The highest BCUT2D eigenvalue weighted by Crippen LogP contribution is 2.24. The number of sulfonamides is 1. The highest BCUT2D eigenvalue weighted by atomic mass is 32.2. The molecule has 0 heterocycles. The van der Waals surface area contributed by atoms with Crippen molar-refractivity contribution in [3.63, 3.8) is 0 Å². The van der Waals surface area contributed by atoms with Gasteiger partial charge in [-0.15, -0.1) is 0 Å². The Balaban J connectivity index is 2.04. The Labute approximate surface area is 162 Å². The van der Waals surface area contributed by atoms with E-state index in [0.29, 0.717) is 24.6 Å². The van der Waals surface area contributed by atoms with E-state index in [-0.39, 0.29) is 5.91 Å². The number of rotatable bonds is 9. The molecule has 27 heavy (non-hydrogen) atoms. The van der Waals surface area contributed by atoms with Crippen molar-refractivity contribution in [2.45, 2.75) is 52.0 Å². The summed E-state index contributed by atoms with van der Waals surface area (Å²) in [6.07, 6.45) is 8.82. The van der Waals surface area contributed by atoms with Gasteiger partial charge in [-0.2, -0.15) is 0 Å². The fourth-order valence-corrected chi connectivity index (χ4v) is 4.47. The van der Waals surface area contributed by atoms with Crippen LogP contribution < -0.4 is 14.4 Å². The van der Waals surface area contributed by atoms with Crippen molar-refractivity contribution in [3.05, 3.63) is 35.9 Å². The molecule has 0 saturated heterocycles. The Morgan fingerprint density at radius 3 is 2.52 bits per heavy atom. The van der Waals surface area contributed by atoms with Crippen molar-refractivity contribution in [3.8, 4) is 5.75 Å². The number of nitrogens with zero attached hydrogens (tertiary/aromatic N) is 1. The van der Waals surface area contributed by atoms with Crippen molar-refractivity contribution in [1.29, 1.82) is 0 Å². The summed E-state index contributed by atoms with van der Waals surface area (Å²) in [6, 6.07) is 5.89. The first-order chi connectivity index (χ1) is 12.8. The minimum Gasteiger partial charge on any atom is -0.494 e. The van der Waals surface area contributed by atoms with Crippen LogP contribution in [0.15, 0.2) is 35.9 Å². The van der Waals surface area contributed by atoms with Crippen LogP contribution in [0.4, 0.5) is 5.69 Å². The molecule has 0 fully saturated rings. The van der Waals surface area contributed by atoms with Crippen LogP contribution >= 0.6 is 0 Å². The van der Waals surface area contributed by atoms with E-state index in [1.54, 1.807) is 31.2 Å². The predicted octanol–water partition coefficient (Wildman–Crippen LogP) is 3.25. The van der Waals surface area contributed by atoms with Crippen LogP contribution in [0.2, 0.25) is 0 Å². The molecule has 0 saturated carbocycles. The van der Waals surface area contributed by atoms with Crippen molar-refractivity contribution in [2.75, 3.05) is 23.7 Å². The summed E-state index contributed by atoms with van der Waals surface area (Å²) < 4.78 is 31.2. The molecule has 1 aliphatic rings. The van der Waals surface area contributed by atoms with Crippen LogP contribution in [0.25, 0.3) is 0 Å². The summed E-state index contributed by atoms with van der Waals surface area (Å²) in [5.74, 6) is 0.360. The minimum absolute atomic E-state index is 0.300. The topological polar surface area (TPSA) is 75.7 Å². The molecule has 1 atom stereocenters. The number of allylic oxidation sites excluding steroid dienone is 1.